The molecule has 2 N–H and O–H groups in total. The van der Waals surface area contributed by atoms with Crippen molar-refractivity contribution in [2.75, 3.05) is 0 Å². The molecule has 112 valence electrons. The van der Waals surface area contributed by atoms with Crippen LogP contribution in [0.25, 0.3) is 0 Å². The van der Waals surface area contributed by atoms with E-state index in [0.717, 1.165) is 10.5 Å². The molecule has 1 heterocycles. The lowest BCUT2D eigenvalue weighted by molar-refractivity contribution is -0.138. The van der Waals surface area contributed by atoms with Crippen LogP contribution >= 0.6 is 15.9 Å². The predicted molar refractivity (Wildman–Crippen MR) is 76.1 cm³/mol. The second kappa shape index (κ2) is 6.03. The first kappa shape index (κ1) is 15.8. The quantitative estimate of drug-likeness (QED) is 0.880. The van der Waals surface area contributed by atoms with E-state index in [9.17, 15) is 13.2 Å². The molecule has 0 spiro atoms. The molecular formula is C14H12BrF3N2O. The number of benzene rings is 1. The highest BCUT2D eigenvalue weighted by atomic mass is 79.9. The van der Waals surface area contributed by atoms with Crippen LogP contribution in [-0.4, -0.2) is 4.98 Å². The van der Waals surface area contributed by atoms with E-state index in [4.69, 9.17) is 10.5 Å². The number of hydrogen-bond donors (Lipinski definition) is 1. The molecule has 0 aliphatic heterocycles. The van der Waals surface area contributed by atoms with Crippen molar-refractivity contribution in [3.63, 3.8) is 0 Å². The number of halogens is 4. The second-order valence-corrected chi connectivity index (χ2v) is 5.33. The van der Waals surface area contributed by atoms with Gasteiger partial charge in [0.15, 0.2) is 0 Å². The maximum Gasteiger partial charge on any atom is 0.419 e. The van der Waals surface area contributed by atoms with Gasteiger partial charge in [-0.05, 0) is 46.6 Å². The first-order valence-electron chi connectivity index (χ1n) is 6.01. The Morgan fingerprint density at radius 2 is 2.00 bits per heavy atom. The van der Waals surface area contributed by atoms with Crippen LogP contribution in [-0.2, 0) is 12.7 Å². The molecule has 0 amide bonds. The van der Waals surface area contributed by atoms with E-state index in [2.05, 4.69) is 20.9 Å². The Bertz CT molecular complexity index is 659. The van der Waals surface area contributed by atoms with Crippen LogP contribution in [0.5, 0.6) is 11.6 Å². The maximum absolute atomic E-state index is 13.1. The Morgan fingerprint density at radius 3 is 2.57 bits per heavy atom. The second-order valence-electron chi connectivity index (χ2n) is 4.41. The molecule has 2 rings (SSSR count). The number of aromatic nitrogens is 1. The molecule has 21 heavy (non-hydrogen) atoms. The summed E-state index contributed by atoms with van der Waals surface area (Å²) in [6.07, 6.45) is -3.06. The Kier molecular flexibility index (Phi) is 4.53. The molecule has 0 unspecified atom stereocenters. The molecule has 1 aromatic carbocycles. The molecule has 0 fully saturated rings. The van der Waals surface area contributed by atoms with E-state index >= 15 is 0 Å². The Labute approximate surface area is 128 Å². The molecule has 0 aliphatic carbocycles. The standard InChI is InChI=1S/C14H12BrF3N2O/c1-8-4-10(15)7-20-13(8)21-12-3-2-9(6-19)5-11(12)14(16,17)18/h2-5,7H,6,19H2,1H3. The van der Waals surface area contributed by atoms with Crippen LogP contribution in [0, 0.1) is 6.92 Å². The molecule has 0 saturated carbocycles. The zero-order chi connectivity index (χ0) is 15.6. The summed E-state index contributed by atoms with van der Waals surface area (Å²) in [6.45, 7) is 1.73. The van der Waals surface area contributed by atoms with Gasteiger partial charge in [-0.25, -0.2) is 4.98 Å². The monoisotopic (exact) mass is 360 g/mol. The van der Waals surface area contributed by atoms with Gasteiger partial charge in [0.25, 0.3) is 0 Å². The molecule has 0 radical (unpaired) electrons. The minimum atomic E-state index is -4.52. The summed E-state index contributed by atoms with van der Waals surface area (Å²) in [7, 11) is 0. The highest BCUT2D eigenvalue weighted by Gasteiger charge is 2.35. The summed E-state index contributed by atoms with van der Waals surface area (Å²) in [5.41, 5.74) is 5.52. The van der Waals surface area contributed by atoms with Crippen molar-refractivity contribution in [2.45, 2.75) is 19.6 Å². The van der Waals surface area contributed by atoms with Gasteiger partial charge in [-0.3, -0.25) is 0 Å². The molecule has 2 aromatic rings. The summed E-state index contributed by atoms with van der Waals surface area (Å²) in [5.74, 6) is -0.165. The van der Waals surface area contributed by atoms with Crippen LogP contribution < -0.4 is 10.5 Å². The van der Waals surface area contributed by atoms with Crippen LogP contribution in [0.2, 0.25) is 0 Å². The summed E-state index contributed by atoms with van der Waals surface area (Å²) in [4.78, 5) is 3.98. The van der Waals surface area contributed by atoms with Crippen molar-refractivity contribution >= 4 is 15.9 Å². The number of ether oxygens (including phenoxy) is 1. The number of rotatable bonds is 3. The van der Waals surface area contributed by atoms with Crippen LogP contribution in [0.4, 0.5) is 13.2 Å². The molecule has 3 nitrogen and oxygen atoms in total. The zero-order valence-corrected chi connectivity index (χ0v) is 12.6. The summed E-state index contributed by atoms with van der Waals surface area (Å²) in [5, 5.41) is 0. The van der Waals surface area contributed by atoms with Gasteiger partial charge in [0, 0.05) is 22.8 Å². The number of hydrogen-bond acceptors (Lipinski definition) is 3. The lowest BCUT2D eigenvalue weighted by atomic mass is 10.1. The van der Waals surface area contributed by atoms with Crippen LogP contribution in [0.1, 0.15) is 16.7 Å². The van der Waals surface area contributed by atoms with Crippen molar-refractivity contribution in [1.82, 2.24) is 4.98 Å². The first-order chi connectivity index (χ1) is 9.81. The maximum atomic E-state index is 13.1. The van der Waals surface area contributed by atoms with E-state index in [0.29, 0.717) is 11.1 Å². The Morgan fingerprint density at radius 1 is 1.29 bits per heavy atom. The van der Waals surface area contributed by atoms with Crippen molar-refractivity contribution in [2.24, 2.45) is 5.73 Å². The molecule has 0 saturated heterocycles. The Balaban J connectivity index is 2.44. The number of aryl methyl sites for hydroxylation is 1. The lowest BCUT2D eigenvalue weighted by Crippen LogP contribution is -2.09. The third kappa shape index (κ3) is 3.74. The van der Waals surface area contributed by atoms with Gasteiger partial charge in [0.05, 0.1) is 5.56 Å². The average Bonchev–Trinajstić information content (AvgIpc) is 2.41. The van der Waals surface area contributed by atoms with Gasteiger partial charge in [-0.2, -0.15) is 13.2 Å². The van der Waals surface area contributed by atoms with E-state index in [-0.39, 0.29) is 18.2 Å². The topological polar surface area (TPSA) is 48.1 Å². The van der Waals surface area contributed by atoms with Crippen LogP contribution in [0.15, 0.2) is 34.9 Å². The van der Waals surface area contributed by atoms with Crippen molar-refractivity contribution < 1.29 is 17.9 Å². The molecule has 1 aromatic heterocycles. The fraction of sp³-hybridized carbons (Fsp3) is 0.214. The SMILES string of the molecule is Cc1cc(Br)cnc1Oc1ccc(CN)cc1C(F)(F)F. The molecule has 7 heteroatoms. The number of pyridine rings is 1. The molecule has 0 atom stereocenters. The fourth-order valence-electron chi connectivity index (χ4n) is 1.75. The lowest BCUT2D eigenvalue weighted by Gasteiger charge is -2.15. The summed E-state index contributed by atoms with van der Waals surface area (Å²) < 4.78 is 45.3. The highest BCUT2D eigenvalue weighted by Crippen LogP contribution is 2.39. The third-order valence-electron chi connectivity index (χ3n) is 2.79. The summed E-state index contributed by atoms with van der Waals surface area (Å²) >= 11 is 3.23. The van der Waals surface area contributed by atoms with Gasteiger partial charge in [0.1, 0.15) is 5.75 Å². The number of nitrogens with zero attached hydrogens (tertiary/aromatic N) is 1. The van der Waals surface area contributed by atoms with E-state index in [1.54, 1.807) is 13.0 Å². The van der Waals surface area contributed by atoms with Gasteiger partial charge in [-0.1, -0.05) is 6.07 Å². The fourth-order valence-corrected chi connectivity index (χ4v) is 2.20. The van der Waals surface area contributed by atoms with Gasteiger partial charge in [0.2, 0.25) is 5.88 Å². The van der Waals surface area contributed by atoms with Gasteiger partial charge < -0.3 is 10.5 Å². The van der Waals surface area contributed by atoms with Crippen molar-refractivity contribution in [3.05, 3.63) is 51.6 Å². The highest BCUT2D eigenvalue weighted by molar-refractivity contribution is 9.10. The smallest absolute Gasteiger partial charge is 0.419 e. The van der Waals surface area contributed by atoms with E-state index < -0.39 is 11.7 Å². The number of alkyl halides is 3. The molecular weight excluding hydrogens is 349 g/mol. The molecule has 0 bridgehead atoms. The third-order valence-corrected chi connectivity index (χ3v) is 3.22. The summed E-state index contributed by atoms with van der Waals surface area (Å²) in [6, 6.07) is 5.46. The Hall–Kier alpha value is -1.60. The first-order valence-corrected chi connectivity index (χ1v) is 6.80. The predicted octanol–water partition coefficient (Wildman–Crippen LogP) is 4.42. The molecule has 0 aliphatic rings. The van der Waals surface area contributed by atoms with Crippen molar-refractivity contribution in [3.8, 4) is 11.6 Å². The van der Waals surface area contributed by atoms with E-state index in [1.165, 1.54) is 18.3 Å². The van der Waals surface area contributed by atoms with Crippen LogP contribution in [0.3, 0.4) is 0 Å². The normalized spacial score (nSPS) is 11.5. The van der Waals surface area contributed by atoms with Crippen molar-refractivity contribution in [1.29, 1.82) is 0 Å². The largest absolute Gasteiger partial charge is 0.438 e. The van der Waals surface area contributed by atoms with Gasteiger partial charge >= 0.3 is 6.18 Å². The minimum Gasteiger partial charge on any atom is -0.438 e. The van der Waals surface area contributed by atoms with E-state index in [1.807, 2.05) is 0 Å². The number of nitrogens with two attached hydrogens (primary N) is 1. The average molecular weight is 361 g/mol. The van der Waals surface area contributed by atoms with Gasteiger partial charge in [-0.15, -0.1) is 0 Å². The zero-order valence-electron chi connectivity index (χ0n) is 11.0. The minimum absolute atomic E-state index is 0.0267.